The molecule has 4 heteroatoms. The maximum Gasteiger partial charge on any atom is 0.225 e. The molecule has 4 nitrogen and oxygen atoms in total. The summed E-state index contributed by atoms with van der Waals surface area (Å²) in [4.78, 5) is 12.6. The monoisotopic (exact) mass is 371 g/mol. The summed E-state index contributed by atoms with van der Waals surface area (Å²) in [6.45, 7) is 24.9. The highest BCUT2D eigenvalue weighted by Crippen LogP contribution is 2.25. The van der Waals surface area contributed by atoms with Gasteiger partial charge in [0.15, 0.2) is 0 Å². The van der Waals surface area contributed by atoms with Crippen molar-refractivity contribution in [3.8, 4) is 0 Å². The van der Waals surface area contributed by atoms with Crippen molar-refractivity contribution in [1.29, 1.82) is 0 Å². The predicted molar refractivity (Wildman–Crippen MR) is 110 cm³/mol. The van der Waals surface area contributed by atoms with Gasteiger partial charge in [-0.15, -0.1) is 0 Å². The third-order valence-corrected chi connectivity index (χ3v) is 5.23. The molecule has 156 valence electrons. The van der Waals surface area contributed by atoms with E-state index in [1.54, 1.807) is 0 Å². The minimum Gasteiger partial charge on any atom is -0.375 e. The Hall–Kier alpha value is -0.610. The van der Waals surface area contributed by atoms with Crippen molar-refractivity contribution in [1.82, 2.24) is 5.32 Å². The van der Waals surface area contributed by atoms with Crippen LogP contribution in [0.5, 0.6) is 0 Å². The Labute approximate surface area is 162 Å². The van der Waals surface area contributed by atoms with Crippen LogP contribution in [0.1, 0.15) is 89.0 Å². The lowest BCUT2D eigenvalue weighted by atomic mass is 9.88. The number of nitrogens with one attached hydrogen (secondary N) is 1. The summed E-state index contributed by atoms with van der Waals surface area (Å²) >= 11 is 0. The molecule has 26 heavy (non-hydrogen) atoms. The average molecular weight is 372 g/mol. The van der Waals surface area contributed by atoms with Crippen LogP contribution in [-0.4, -0.2) is 36.9 Å². The first-order chi connectivity index (χ1) is 11.5. The van der Waals surface area contributed by atoms with Gasteiger partial charge in [0.1, 0.15) is 0 Å². The topological polar surface area (TPSA) is 47.6 Å². The molecule has 0 saturated carbocycles. The van der Waals surface area contributed by atoms with Crippen molar-refractivity contribution >= 4 is 5.91 Å². The largest absolute Gasteiger partial charge is 0.375 e. The van der Waals surface area contributed by atoms with E-state index < -0.39 is 5.41 Å². The van der Waals surface area contributed by atoms with Crippen molar-refractivity contribution in [3.05, 3.63) is 0 Å². The van der Waals surface area contributed by atoms with Crippen LogP contribution in [0.15, 0.2) is 0 Å². The fraction of sp³-hybridized carbons (Fsp3) is 0.955. The molecule has 0 bridgehead atoms. The third kappa shape index (κ3) is 10.5. The number of hydrogen-bond acceptors (Lipinski definition) is 3. The Balaban J connectivity index is 4.38. The zero-order chi connectivity index (χ0) is 20.8. The molecule has 0 aromatic heterocycles. The van der Waals surface area contributed by atoms with Gasteiger partial charge in [-0.05, 0) is 51.9 Å². The van der Waals surface area contributed by atoms with Crippen LogP contribution in [0.4, 0.5) is 0 Å². The maximum absolute atomic E-state index is 12.6. The molecule has 0 heterocycles. The zero-order valence-electron chi connectivity index (χ0n) is 19.3. The molecule has 0 fully saturated rings. The SMILES string of the molecule is CC(C)C(C)(C)OCCC(C)(C)C(=O)NCC(C)(C)OCCC(C)(C)C. The second-order valence-electron chi connectivity index (χ2n) is 10.8. The summed E-state index contributed by atoms with van der Waals surface area (Å²) in [6.07, 6.45) is 1.69. The fourth-order valence-corrected chi connectivity index (χ4v) is 2.07. The van der Waals surface area contributed by atoms with Crippen molar-refractivity contribution in [3.63, 3.8) is 0 Å². The molecule has 1 N–H and O–H groups in total. The maximum atomic E-state index is 12.6. The predicted octanol–water partition coefficient (Wildman–Crippen LogP) is 5.20. The van der Waals surface area contributed by atoms with E-state index in [-0.39, 0.29) is 22.5 Å². The number of ether oxygens (including phenoxy) is 2. The van der Waals surface area contributed by atoms with Gasteiger partial charge < -0.3 is 14.8 Å². The highest BCUT2D eigenvalue weighted by atomic mass is 16.5. The van der Waals surface area contributed by atoms with Gasteiger partial charge in [0.25, 0.3) is 0 Å². The molecule has 0 radical (unpaired) electrons. The van der Waals surface area contributed by atoms with Gasteiger partial charge in [-0.2, -0.15) is 0 Å². The number of amides is 1. The van der Waals surface area contributed by atoms with E-state index in [0.29, 0.717) is 32.1 Å². The van der Waals surface area contributed by atoms with Crippen molar-refractivity contribution in [2.45, 2.75) is 100 Å². The number of carbonyl (C=O) groups excluding carboxylic acids is 1. The lowest BCUT2D eigenvalue weighted by Crippen LogP contribution is -2.46. The molecule has 0 atom stereocenters. The summed E-state index contributed by atoms with van der Waals surface area (Å²) in [7, 11) is 0. The Morgan fingerprint density at radius 3 is 1.81 bits per heavy atom. The molecule has 0 unspecified atom stereocenters. The van der Waals surface area contributed by atoms with Gasteiger partial charge in [-0.25, -0.2) is 0 Å². The van der Waals surface area contributed by atoms with Gasteiger partial charge in [0, 0.05) is 25.2 Å². The van der Waals surface area contributed by atoms with Crippen LogP contribution >= 0.6 is 0 Å². The highest BCUT2D eigenvalue weighted by molar-refractivity contribution is 5.81. The van der Waals surface area contributed by atoms with Gasteiger partial charge in [0.2, 0.25) is 5.91 Å². The Kier molecular flexibility index (Phi) is 9.32. The first-order valence-corrected chi connectivity index (χ1v) is 10.0. The molecule has 0 aliphatic rings. The lowest BCUT2D eigenvalue weighted by Gasteiger charge is -2.33. The molecular formula is C22H45NO3. The van der Waals surface area contributed by atoms with E-state index >= 15 is 0 Å². The molecule has 0 aromatic rings. The summed E-state index contributed by atoms with van der Waals surface area (Å²) in [6, 6.07) is 0. The first-order valence-electron chi connectivity index (χ1n) is 10.0. The minimum atomic E-state index is -0.464. The van der Waals surface area contributed by atoms with E-state index in [1.807, 2.05) is 27.7 Å². The normalized spacial score (nSPS) is 14.0. The molecule has 0 spiro atoms. The van der Waals surface area contributed by atoms with Crippen molar-refractivity contribution in [2.75, 3.05) is 19.8 Å². The summed E-state index contributed by atoms with van der Waals surface area (Å²) in [5.41, 5.74) is -0.748. The second-order valence-corrected chi connectivity index (χ2v) is 10.8. The van der Waals surface area contributed by atoms with Crippen LogP contribution in [0.2, 0.25) is 0 Å². The van der Waals surface area contributed by atoms with Crippen LogP contribution < -0.4 is 5.32 Å². The number of rotatable bonds is 11. The van der Waals surface area contributed by atoms with Crippen LogP contribution in [0, 0.1) is 16.7 Å². The van der Waals surface area contributed by atoms with E-state index in [2.05, 4.69) is 53.8 Å². The summed E-state index contributed by atoms with van der Waals surface area (Å²) < 4.78 is 12.0. The van der Waals surface area contributed by atoms with Gasteiger partial charge in [0.05, 0.1) is 11.2 Å². The molecule has 1 amide bonds. The standard InChI is InChI=1S/C22H45NO3/c1-17(2)22(10,11)26-15-13-20(6,7)18(24)23-16-21(8,9)25-14-12-19(3,4)5/h17H,12-16H2,1-11H3,(H,23,24). The van der Waals surface area contributed by atoms with Gasteiger partial charge >= 0.3 is 0 Å². The molecule has 0 rings (SSSR count). The van der Waals surface area contributed by atoms with Crippen molar-refractivity contribution < 1.29 is 14.3 Å². The molecule has 0 aromatic carbocycles. The molecule has 0 saturated heterocycles. The Morgan fingerprint density at radius 2 is 1.35 bits per heavy atom. The lowest BCUT2D eigenvalue weighted by molar-refractivity contribution is -0.133. The third-order valence-electron chi connectivity index (χ3n) is 5.23. The molecular weight excluding hydrogens is 326 g/mol. The minimum absolute atomic E-state index is 0.0518. The summed E-state index contributed by atoms with van der Waals surface area (Å²) in [5, 5.41) is 3.06. The summed E-state index contributed by atoms with van der Waals surface area (Å²) in [5.74, 6) is 0.487. The van der Waals surface area contributed by atoms with Gasteiger partial charge in [-0.3, -0.25) is 4.79 Å². The molecule has 0 aliphatic carbocycles. The fourth-order valence-electron chi connectivity index (χ4n) is 2.07. The zero-order valence-corrected chi connectivity index (χ0v) is 19.3. The Bertz CT molecular complexity index is 431. The molecule has 0 aliphatic heterocycles. The van der Waals surface area contributed by atoms with Crippen molar-refractivity contribution in [2.24, 2.45) is 16.7 Å². The van der Waals surface area contributed by atoms with Crippen LogP contribution in [-0.2, 0) is 14.3 Å². The smallest absolute Gasteiger partial charge is 0.225 e. The van der Waals surface area contributed by atoms with E-state index in [0.717, 1.165) is 6.42 Å². The second kappa shape index (κ2) is 9.54. The quantitative estimate of drug-likeness (QED) is 0.543. The number of hydrogen-bond donors (Lipinski definition) is 1. The van der Waals surface area contributed by atoms with E-state index in [4.69, 9.17) is 9.47 Å². The highest BCUT2D eigenvalue weighted by Gasteiger charge is 2.31. The number of carbonyl (C=O) groups is 1. The average Bonchev–Trinajstić information content (AvgIpc) is 2.42. The van der Waals surface area contributed by atoms with Crippen LogP contribution in [0.3, 0.4) is 0 Å². The van der Waals surface area contributed by atoms with Gasteiger partial charge in [-0.1, -0.05) is 48.5 Å². The van der Waals surface area contributed by atoms with E-state index in [9.17, 15) is 4.79 Å². The van der Waals surface area contributed by atoms with Crippen LogP contribution in [0.25, 0.3) is 0 Å². The van der Waals surface area contributed by atoms with E-state index in [1.165, 1.54) is 0 Å². The Morgan fingerprint density at radius 1 is 0.846 bits per heavy atom. The first kappa shape index (κ1) is 25.4.